The summed E-state index contributed by atoms with van der Waals surface area (Å²) in [6, 6.07) is 0.872. The van der Waals surface area contributed by atoms with E-state index >= 15 is 0 Å². The second-order valence-electron chi connectivity index (χ2n) is 31.1. The molecule has 113 heavy (non-hydrogen) atoms. The van der Waals surface area contributed by atoms with Crippen molar-refractivity contribution in [3.8, 4) is 0 Å². The Morgan fingerprint density at radius 2 is 0.628 bits per heavy atom. The van der Waals surface area contributed by atoms with Crippen LogP contribution in [0.2, 0.25) is 0 Å². The normalized spacial score (nSPS) is 17.9. The van der Waals surface area contributed by atoms with Gasteiger partial charge in [-0.2, -0.15) is 19.9 Å². The average molecular weight is 1560 g/mol. The number of anilines is 4. The highest BCUT2D eigenvalue weighted by Gasteiger charge is 2.28. The number of nitrogens with zero attached hydrogens (tertiary/aromatic N) is 16. The molecule has 8 aromatic heterocycles. The number of primary amides is 4. The van der Waals surface area contributed by atoms with Crippen molar-refractivity contribution in [1.82, 2.24) is 77.7 Å². The van der Waals surface area contributed by atoms with Crippen molar-refractivity contribution >= 4 is 91.6 Å². The first-order valence-corrected chi connectivity index (χ1v) is 41.1. The van der Waals surface area contributed by atoms with Gasteiger partial charge >= 0.3 is 0 Å². The van der Waals surface area contributed by atoms with Gasteiger partial charge in [0.2, 0.25) is 45.5 Å². The highest BCUT2D eigenvalue weighted by atomic mass is 16.5. The number of rotatable bonds is 26. The van der Waals surface area contributed by atoms with Crippen LogP contribution in [0.4, 0.5) is 23.8 Å². The molecule has 0 unspecified atom stereocenters. The fraction of sp³-hybridized carbons (Fsp3) is 0.600. The van der Waals surface area contributed by atoms with E-state index in [4.69, 9.17) is 27.7 Å². The lowest BCUT2D eigenvalue weighted by Gasteiger charge is -2.32. The molecule has 3 saturated heterocycles. The van der Waals surface area contributed by atoms with Crippen molar-refractivity contribution in [2.24, 2.45) is 22.9 Å². The third-order valence-corrected chi connectivity index (χ3v) is 23.2. The molecule has 33 heteroatoms. The van der Waals surface area contributed by atoms with Crippen molar-refractivity contribution < 1.29 is 23.9 Å². The van der Waals surface area contributed by atoms with Crippen molar-refractivity contribution in [2.45, 2.75) is 191 Å². The second-order valence-corrected chi connectivity index (χ2v) is 31.1. The zero-order chi connectivity index (χ0) is 79.3. The molecule has 4 aliphatic carbocycles. The van der Waals surface area contributed by atoms with E-state index in [1.165, 1.54) is 89.2 Å². The van der Waals surface area contributed by atoms with Crippen LogP contribution in [0.25, 0.3) is 44.1 Å². The monoisotopic (exact) mass is 1550 g/mol. The summed E-state index contributed by atoms with van der Waals surface area (Å²) in [7, 11) is 3.78. The second kappa shape index (κ2) is 40.2. The lowest BCUT2D eigenvalue weighted by molar-refractivity contribution is 0.0990. The predicted octanol–water partition coefficient (Wildman–Crippen LogP) is 7.10. The molecule has 4 saturated carbocycles. The molecular formula is C80H114N24O9. The minimum absolute atomic E-state index is 0.00885. The lowest BCUT2D eigenvalue weighted by atomic mass is 9.95. The number of pyridine rings is 4. The molecule has 3 aliphatic heterocycles. The maximum Gasteiger partial charge on any atom is 0.254 e. The van der Waals surface area contributed by atoms with Gasteiger partial charge in [-0.3, -0.25) is 38.4 Å². The van der Waals surface area contributed by atoms with Gasteiger partial charge in [0, 0.05) is 140 Å². The van der Waals surface area contributed by atoms with Gasteiger partial charge < -0.3 is 86.8 Å². The number of likely N-dealkylation sites (N-methyl/N-ethyl adjacent to an activating group) is 1. The number of ether oxygens (including phenoxy) is 1. The molecule has 0 atom stereocenters. The Morgan fingerprint density at radius 1 is 0.363 bits per heavy atom. The first kappa shape index (κ1) is 82.5. The molecule has 4 amide bonds. The van der Waals surface area contributed by atoms with E-state index in [1.807, 2.05) is 18.3 Å². The number of hydrogen-bond donors (Lipinski definition) is 8. The van der Waals surface area contributed by atoms with E-state index in [0.29, 0.717) is 81.1 Å². The number of carbonyl (C=O) groups is 4. The van der Waals surface area contributed by atoms with Gasteiger partial charge in [0.25, 0.3) is 23.6 Å². The van der Waals surface area contributed by atoms with Crippen molar-refractivity contribution in [3.05, 3.63) is 113 Å². The highest BCUT2D eigenvalue weighted by Crippen LogP contribution is 2.35. The molecule has 8 aromatic rings. The Morgan fingerprint density at radius 3 is 0.912 bits per heavy atom. The van der Waals surface area contributed by atoms with E-state index in [9.17, 15) is 38.4 Å². The van der Waals surface area contributed by atoms with Crippen LogP contribution in [-0.4, -0.2) is 220 Å². The van der Waals surface area contributed by atoms with E-state index < -0.39 is 39.9 Å². The van der Waals surface area contributed by atoms with E-state index in [2.05, 4.69) is 87.8 Å². The fourth-order valence-electron chi connectivity index (χ4n) is 16.8. The number of aromatic nitrogens is 12. The van der Waals surface area contributed by atoms with Gasteiger partial charge in [-0.05, 0) is 136 Å². The molecule has 15 rings (SSSR count). The van der Waals surface area contributed by atoms with Crippen LogP contribution in [0, 0.1) is 0 Å². The number of piperazine rings is 1. The van der Waals surface area contributed by atoms with Gasteiger partial charge in [0.15, 0.2) is 0 Å². The van der Waals surface area contributed by atoms with Gasteiger partial charge in [-0.25, -0.2) is 19.9 Å². The van der Waals surface area contributed by atoms with Crippen LogP contribution < -0.4 is 65.9 Å². The number of nitrogens with two attached hydrogens (primary N) is 4. The Kier molecular flexibility index (Phi) is 29.3. The van der Waals surface area contributed by atoms with Gasteiger partial charge in [0.1, 0.15) is 44.8 Å². The molecular weight excluding hydrogens is 1440 g/mol. The van der Waals surface area contributed by atoms with Crippen LogP contribution in [0.15, 0.2) is 68.8 Å². The fourth-order valence-corrected chi connectivity index (χ4v) is 16.8. The minimum atomic E-state index is -0.723. The number of amides is 4. The first-order chi connectivity index (χ1) is 54.9. The van der Waals surface area contributed by atoms with Gasteiger partial charge in [0.05, 0.1) is 28.2 Å². The third-order valence-electron chi connectivity index (χ3n) is 23.2. The van der Waals surface area contributed by atoms with Crippen LogP contribution in [-0.2, 0) is 4.74 Å². The number of nitrogens with one attached hydrogen (secondary N) is 4. The zero-order valence-electron chi connectivity index (χ0n) is 65.8. The molecule has 0 bridgehead atoms. The number of methoxy groups -OCH3 is 1. The smallest absolute Gasteiger partial charge is 0.254 e. The molecule has 0 spiro atoms. The third kappa shape index (κ3) is 21.3. The number of hydrogen-bond acceptors (Lipinski definition) is 25. The van der Waals surface area contributed by atoms with E-state index in [-0.39, 0.29) is 51.8 Å². The number of carbonyl (C=O) groups excluding carboxylic acids is 4. The molecule has 0 aromatic carbocycles. The molecule has 12 N–H and O–H groups in total. The Balaban J connectivity index is 0.000000140. The Bertz CT molecular complexity index is 4850. The van der Waals surface area contributed by atoms with Gasteiger partial charge in [-0.15, -0.1) is 0 Å². The van der Waals surface area contributed by atoms with Gasteiger partial charge in [-0.1, -0.05) is 77.0 Å². The quantitative estimate of drug-likeness (QED) is 0.0251. The molecule has 0 radical (unpaired) electrons. The summed E-state index contributed by atoms with van der Waals surface area (Å²) in [5.74, 6) is -0.852. The Labute approximate surface area is 657 Å². The van der Waals surface area contributed by atoms with Crippen molar-refractivity contribution in [3.63, 3.8) is 0 Å². The molecule has 7 aliphatic rings. The summed E-state index contributed by atoms with van der Waals surface area (Å²) >= 11 is 0. The summed E-state index contributed by atoms with van der Waals surface area (Å²) in [5, 5.41) is 14.3. The number of likely N-dealkylation sites (tertiary alicyclic amines) is 2. The first-order valence-electron chi connectivity index (χ1n) is 41.1. The highest BCUT2D eigenvalue weighted by molar-refractivity contribution is 5.98. The maximum atomic E-state index is 12.8. The summed E-state index contributed by atoms with van der Waals surface area (Å²) in [6.45, 7) is 15.6. The molecule has 7 fully saturated rings. The maximum absolute atomic E-state index is 12.8. The summed E-state index contributed by atoms with van der Waals surface area (Å²) in [4.78, 5) is 143. The summed E-state index contributed by atoms with van der Waals surface area (Å²) in [6.07, 6.45) is 41.5. The van der Waals surface area contributed by atoms with Crippen LogP contribution in [0.1, 0.15) is 233 Å². The van der Waals surface area contributed by atoms with E-state index in [1.54, 1.807) is 31.9 Å². The Hall–Kier alpha value is -9.96. The predicted molar refractivity (Wildman–Crippen MR) is 438 cm³/mol. The SMILES string of the molecule is CN1CCN(CCCNc2ncc3c(=O)c(C(N)=O)cn(C4CCCCC4)c3n2)CC1.COCCNc1ncc2c(=O)c(C(N)=O)cn(C3CCCCC3)c2n1.NC(=O)c1cn(C2CCCCC2)c2nc(NCCCN3CCCC3)ncc2c1=O.NC(=O)c1cn(C2CCCCC2)c2nc(NCCN3CCCC3)ncc2c1=O. The number of fused-ring (bicyclic) bond motifs is 4. The minimum Gasteiger partial charge on any atom is -0.383 e. The largest absolute Gasteiger partial charge is 0.383 e. The summed E-state index contributed by atoms with van der Waals surface area (Å²) in [5.41, 5.74) is 22.5. The molecule has 33 nitrogen and oxygen atoms in total. The topological polar surface area (TPSA) is 434 Å². The van der Waals surface area contributed by atoms with Crippen molar-refractivity contribution in [2.75, 3.05) is 140 Å². The average Bonchev–Trinajstić information content (AvgIpc) is 0.847. The molecule has 11 heterocycles. The van der Waals surface area contributed by atoms with Crippen LogP contribution >= 0.6 is 0 Å². The lowest BCUT2D eigenvalue weighted by Crippen LogP contribution is -2.44. The standard InChI is InChI=1S/C22H33N7O2.C21H30N6O2.C20H28N6O2.C17H23N5O3/c1-27-10-12-28(13-11-27)9-5-8-24-22-25-14-17-19(30)18(20(23)31)15-29(21(17)26-22)16-6-3-2-4-7-16;22-19(29)17-14-27(15-7-2-1-3-8-15)20-16(18(17)28)13-24-21(25-20)23-9-6-12-26-10-4-5-11-26;21-18(28)16-13-26(14-6-2-1-3-7-14)19-15(17(16)27)12-23-20(24-19)22-8-11-25-9-4-5-10-25;1-25-8-7-19-17-20-9-12-14(23)13(15(18)24)10-22(16(12)21-17)11-5-3-2-4-6-11/h14-16H,2-13H2,1H3,(H2,23,31)(H,24,25,26);13-15H,1-12H2,(H2,22,29)(H,23,24,25);12-14H,1-11H2,(H2,21,28)(H,22,23,24);9-11H,2-8H2,1H3,(H2,18,24)(H,19,20,21). The summed E-state index contributed by atoms with van der Waals surface area (Å²) < 4.78 is 12.9. The van der Waals surface area contributed by atoms with Crippen LogP contribution in [0.3, 0.4) is 0 Å². The van der Waals surface area contributed by atoms with E-state index in [0.717, 1.165) is 194 Å². The van der Waals surface area contributed by atoms with Crippen molar-refractivity contribution in [1.29, 1.82) is 0 Å². The van der Waals surface area contributed by atoms with Crippen LogP contribution in [0.5, 0.6) is 0 Å². The zero-order valence-corrected chi connectivity index (χ0v) is 65.8. The molecule has 608 valence electrons.